The Kier molecular flexibility index (Phi) is 4.66. The monoisotopic (exact) mass is 283 g/mol. The number of hydrogen-bond donors (Lipinski definition) is 1. The summed E-state index contributed by atoms with van der Waals surface area (Å²) in [7, 11) is 0. The van der Waals surface area contributed by atoms with E-state index in [2.05, 4.69) is 0 Å². The molecule has 19 heavy (non-hydrogen) atoms. The minimum atomic E-state index is -0.562. The highest BCUT2D eigenvalue weighted by atomic mass is 35.5. The molecular weight excluding hydrogens is 266 g/mol. The topological polar surface area (TPSA) is 49.8 Å². The van der Waals surface area contributed by atoms with Gasteiger partial charge in [0.25, 0.3) is 5.91 Å². The van der Waals surface area contributed by atoms with Crippen molar-refractivity contribution in [2.75, 3.05) is 13.2 Å². The van der Waals surface area contributed by atoms with E-state index in [0.717, 1.165) is 12.8 Å². The summed E-state index contributed by atoms with van der Waals surface area (Å²) in [6, 6.07) is 6.85. The molecule has 1 saturated heterocycles. The zero-order chi connectivity index (χ0) is 13.8. The molecule has 1 aromatic rings. The molecule has 0 aromatic heterocycles. The van der Waals surface area contributed by atoms with Gasteiger partial charge in [-0.25, -0.2) is 0 Å². The van der Waals surface area contributed by atoms with Gasteiger partial charge in [0, 0.05) is 11.6 Å². The van der Waals surface area contributed by atoms with E-state index in [1.54, 1.807) is 36.1 Å². The van der Waals surface area contributed by atoms with E-state index in [1.165, 1.54) is 0 Å². The van der Waals surface area contributed by atoms with Crippen LogP contribution in [0.25, 0.3) is 0 Å². The second kappa shape index (κ2) is 6.26. The second-order valence-corrected chi connectivity index (χ2v) is 5.16. The lowest BCUT2D eigenvalue weighted by atomic mass is 10.2. The van der Waals surface area contributed by atoms with Crippen molar-refractivity contribution in [3.63, 3.8) is 0 Å². The van der Waals surface area contributed by atoms with Gasteiger partial charge in [0.2, 0.25) is 0 Å². The summed E-state index contributed by atoms with van der Waals surface area (Å²) < 4.78 is 5.60. The number of aliphatic hydroxyl groups is 1. The Hall–Kier alpha value is -1.26. The fraction of sp³-hybridized carbons (Fsp3) is 0.500. The first kappa shape index (κ1) is 14.2. The van der Waals surface area contributed by atoms with Crippen LogP contribution >= 0.6 is 11.6 Å². The number of hydrogen-bond acceptors (Lipinski definition) is 3. The van der Waals surface area contributed by atoms with Crippen molar-refractivity contribution < 1.29 is 14.6 Å². The number of amides is 1. The first-order valence-corrected chi connectivity index (χ1v) is 6.83. The van der Waals surface area contributed by atoms with Gasteiger partial charge < -0.3 is 14.7 Å². The molecule has 0 saturated carbocycles. The number of aliphatic hydroxyl groups excluding tert-OH is 1. The highest BCUT2D eigenvalue weighted by Crippen LogP contribution is 2.21. The second-order valence-electron chi connectivity index (χ2n) is 4.72. The van der Waals surface area contributed by atoms with Crippen LogP contribution in [0.1, 0.15) is 19.8 Å². The third kappa shape index (κ3) is 3.39. The van der Waals surface area contributed by atoms with Crippen molar-refractivity contribution in [2.24, 2.45) is 0 Å². The molecule has 1 unspecified atom stereocenters. The number of carbonyl (C=O) groups excluding carboxylic acids is 1. The van der Waals surface area contributed by atoms with Gasteiger partial charge >= 0.3 is 0 Å². The van der Waals surface area contributed by atoms with E-state index in [-0.39, 0.29) is 18.6 Å². The van der Waals surface area contributed by atoms with Gasteiger partial charge in [-0.15, -0.1) is 0 Å². The van der Waals surface area contributed by atoms with Gasteiger partial charge in [-0.1, -0.05) is 11.6 Å². The van der Waals surface area contributed by atoms with Crippen LogP contribution < -0.4 is 4.74 Å². The lowest BCUT2D eigenvalue weighted by Gasteiger charge is -2.26. The smallest absolute Gasteiger partial charge is 0.263 e. The van der Waals surface area contributed by atoms with Crippen LogP contribution in [-0.4, -0.2) is 41.2 Å². The third-order valence-electron chi connectivity index (χ3n) is 3.35. The molecule has 0 bridgehead atoms. The average molecular weight is 284 g/mol. The predicted molar refractivity (Wildman–Crippen MR) is 73.4 cm³/mol. The first-order valence-electron chi connectivity index (χ1n) is 6.45. The number of likely N-dealkylation sites (tertiary alicyclic amines) is 1. The molecule has 1 aromatic carbocycles. The van der Waals surface area contributed by atoms with E-state index in [4.69, 9.17) is 16.3 Å². The summed E-state index contributed by atoms with van der Waals surface area (Å²) in [5.74, 6) is 0.538. The number of rotatable bonds is 4. The van der Waals surface area contributed by atoms with Crippen LogP contribution in [0.4, 0.5) is 0 Å². The quantitative estimate of drug-likeness (QED) is 0.920. The van der Waals surface area contributed by atoms with Gasteiger partial charge in [-0.2, -0.15) is 0 Å². The Balaban J connectivity index is 1.97. The van der Waals surface area contributed by atoms with E-state index >= 15 is 0 Å². The zero-order valence-corrected chi connectivity index (χ0v) is 11.6. The third-order valence-corrected chi connectivity index (χ3v) is 3.60. The number of ether oxygens (including phenoxy) is 1. The standard InChI is InChI=1S/C14H18ClNO3/c1-10(19-13-6-4-11(15)5-7-13)14(18)16-8-2-3-12(16)9-17/h4-7,10,12,17H,2-3,8-9H2,1H3/t10?,12-/m1/s1. The normalized spacial score (nSPS) is 20.4. The number of carbonyl (C=O) groups is 1. The van der Waals surface area contributed by atoms with E-state index in [0.29, 0.717) is 17.3 Å². The van der Waals surface area contributed by atoms with Crippen LogP contribution in [0.5, 0.6) is 5.75 Å². The first-order chi connectivity index (χ1) is 9.11. The molecule has 1 amide bonds. The van der Waals surface area contributed by atoms with Crippen molar-refractivity contribution in [3.05, 3.63) is 29.3 Å². The Morgan fingerprint density at radius 3 is 2.84 bits per heavy atom. The summed E-state index contributed by atoms with van der Waals surface area (Å²) >= 11 is 5.79. The van der Waals surface area contributed by atoms with Crippen LogP contribution in [0.2, 0.25) is 5.02 Å². The lowest BCUT2D eigenvalue weighted by Crippen LogP contribution is -2.44. The van der Waals surface area contributed by atoms with E-state index < -0.39 is 6.10 Å². The Bertz CT molecular complexity index is 435. The van der Waals surface area contributed by atoms with Crippen LogP contribution in [0.3, 0.4) is 0 Å². The highest BCUT2D eigenvalue weighted by Gasteiger charge is 2.31. The molecule has 0 aliphatic carbocycles. The number of nitrogens with zero attached hydrogens (tertiary/aromatic N) is 1. The maximum absolute atomic E-state index is 12.2. The molecule has 0 spiro atoms. The van der Waals surface area contributed by atoms with Crippen LogP contribution in [0.15, 0.2) is 24.3 Å². The molecule has 4 nitrogen and oxygen atoms in total. The largest absolute Gasteiger partial charge is 0.481 e. The van der Waals surface area contributed by atoms with Crippen molar-refractivity contribution in [3.8, 4) is 5.75 Å². The highest BCUT2D eigenvalue weighted by molar-refractivity contribution is 6.30. The Labute approximate surface area is 117 Å². The minimum Gasteiger partial charge on any atom is -0.481 e. The Morgan fingerprint density at radius 2 is 2.21 bits per heavy atom. The molecule has 5 heteroatoms. The maximum atomic E-state index is 12.2. The molecule has 104 valence electrons. The summed E-state index contributed by atoms with van der Waals surface area (Å²) in [6.45, 7) is 2.43. The number of benzene rings is 1. The zero-order valence-electron chi connectivity index (χ0n) is 10.9. The summed E-state index contributed by atoms with van der Waals surface area (Å²) in [5, 5.41) is 9.87. The van der Waals surface area contributed by atoms with Gasteiger partial charge in [0.1, 0.15) is 5.75 Å². The van der Waals surface area contributed by atoms with E-state index in [9.17, 15) is 9.90 Å². The van der Waals surface area contributed by atoms with Crippen LogP contribution in [-0.2, 0) is 4.79 Å². The summed E-state index contributed by atoms with van der Waals surface area (Å²) in [6.07, 6.45) is 1.23. The van der Waals surface area contributed by atoms with Crippen LogP contribution in [0, 0.1) is 0 Å². The van der Waals surface area contributed by atoms with Gasteiger partial charge in [0.15, 0.2) is 6.10 Å². The maximum Gasteiger partial charge on any atom is 0.263 e. The van der Waals surface area contributed by atoms with Crippen molar-refractivity contribution in [1.82, 2.24) is 4.90 Å². The lowest BCUT2D eigenvalue weighted by molar-refractivity contribution is -0.139. The average Bonchev–Trinajstić information content (AvgIpc) is 2.88. The van der Waals surface area contributed by atoms with Crippen molar-refractivity contribution in [1.29, 1.82) is 0 Å². The van der Waals surface area contributed by atoms with Gasteiger partial charge in [0.05, 0.1) is 12.6 Å². The number of halogens is 1. The van der Waals surface area contributed by atoms with Gasteiger partial charge in [-0.05, 0) is 44.0 Å². The summed E-state index contributed by atoms with van der Waals surface area (Å²) in [4.78, 5) is 14.0. The molecule has 1 N–H and O–H groups in total. The van der Waals surface area contributed by atoms with Crippen molar-refractivity contribution >= 4 is 17.5 Å². The molecular formula is C14H18ClNO3. The molecule has 1 aliphatic heterocycles. The fourth-order valence-corrected chi connectivity index (χ4v) is 2.44. The fourth-order valence-electron chi connectivity index (χ4n) is 2.32. The van der Waals surface area contributed by atoms with Crippen molar-refractivity contribution in [2.45, 2.75) is 31.9 Å². The molecule has 2 atom stereocenters. The Morgan fingerprint density at radius 1 is 1.53 bits per heavy atom. The van der Waals surface area contributed by atoms with E-state index in [1.807, 2.05) is 0 Å². The molecule has 0 radical (unpaired) electrons. The molecule has 2 rings (SSSR count). The molecule has 1 fully saturated rings. The predicted octanol–water partition coefficient (Wildman–Crippen LogP) is 2.09. The SMILES string of the molecule is CC(Oc1ccc(Cl)cc1)C(=O)N1CCC[C@@H]1CO. The van der Waals surface area contributed by atoms with Gasteiger partial charge in [-0.3, -0.25) is 4.79 Å². The molecule has 1 aliphatic rings. The minimum absolute atomic E-state index is 0.0133. The summed E-state index contributed by atoms with van der Waals surface area (Å²) in [5.41, 5.74) is 0. The molecule has 1 heterocycles.